The first kappa shape index (κ1) is 15.8. The van der Waals surface area contributed by atoms with Gasteiger partial charge in [-0.2, -0.15) is 0 Å². The van der Waals surface area contributed by atoms with Crippen molar-refractivity contribution < 1.29 is 14.3 Å². The molecule has 0 saturated carbocycles. The summed E-state index contributed by atoms with van der Waals surface area (Å²) < 4.78 is 5.08. The van der Waals surface area contributed by atoms with Crippen LogP contribution in [0.25, 0.3) is 0 Å². The van der Waals surface area contributed by atoms with Crippen LogP contribution in [0, 0.1) is 5.92 Å². The fourth-order valence-corrected chi connectivity index (χ4v) is 1.70. The molecule has 0 aromatic heterocycles. The summed E-state index contributed by atoms with van der Waals surface area (Å²) in [5.74, 6) is 0.293. The molecule has 0 bridgehead atoms. The quantitative estimate of drug-likeness (QED) is 0.695. The predicted molar refractivity (Wildman–Crippen MR) is 75.7 cm³/mol. The van der Waals surface area contributed by atoms with Gasteiger partial charge in [-0.3, -0.25) is 0 Å². The maximum Gasteiger partial charge on any atom is 0.409 e. The summed E-state index contributed by atoms with van der Waals surface area (Å²) >= 11 is 0. The van der Waals surface area contributed by atoms with Gasteiger partial charge in [-0.05, 0) is 17.9 Å². The number of alkyl carbamates (subject to hydrolysis) is 1. The average Bonchev–Trinajstić information content (AvgIpc) is 2.36. The van der Waals surface area contributed by atoms with Crippen molar-refractivity contribution >= 4 is 12.1 Å². The van der Waals surface area contributed by atoms with Crippen LogP contribution in [0.1, 0.15) is 25.8 Å². The van der Waals surface area contributed by atoms with Gasteiger partial charge in [-0.1, -0.05) is 44.2 Å². The number of carbonyl (C=O) groups excluding carboxylic acids is 2. The molecule has 6 heteroatoms. The van der Waals surface area contributed by atoms with E-state index in [1.807, 2.05) is 44.2 Å². The number of hydrogen-bond acceptors (Lipinski definition) is 3. The Morgan fingerprint density at radius 2 is 1.85 bits per heavy atom. The second kappa shape index (κ2) is 8.04. The van der Waals surface area contributed by atoms with E-state index in [0.717, 1.165) is 5.56 Å². The van der Waals surface area contributed by atoms with Gasteiger partial charge in [0.05, 0.1) is 0 Å². The maximum atomic E-state index is 11.7. The summed E-state index contributed by atoms with van der Waals surface area (Å²) in [5, 5.41) is 5.04. The molecule has 0 aliphatic rings. The van der Waals surface area contributed by atoms with Crippen LogP contribution in [-0.4, -0.2) is 18.3 Å². The van der Waals surface area contributed by atoms with E-state index in [2.05, 4.69) is 10.6 Å². The fraction of sp³-hybridized carbons (Fsp3) is 0.429. The van der Waals surface area contributed by atoms with Crippen LogP contribution in [0.3, 0.4) is 0 Å². The lowest BCUT2D eigenvalue weighted by Crippen LogP contribution is -2.50. The van der Waals surface area contributed by atoms with E-state index >= 15 is 0 Å². The first-order valence-electron chi connectivity index (χ1n) is 6.50. The fourth-order valence-electron chi connectivity index (χ4n) is 1.70. The summed E-state index contributed by atoms with van der Waals surface area (Å²) in [6.07, 6.45) is -0.548. The molecule has 0 radical (unpaired) electrons. The smallest absolute Gasteiger partial charge is 0.409 e. The van der Waals surface area contributed by atoms with E-state index in [1.54, 1.807) is 0 Å². The van der Waals surface area contributed by atoms with Crippen molar-refractivity contribution in [3.8, 4) is 0 Å². The van der Waals surface area contributed by atoms with E-state index in [4.69, 9.17) is 10.5 Å². The summed E-state index contributed by atoms with van der Waals surface area (Å²) in [5.41, 5.74) is 5.96. The molecule has 0 aliphatic carbocycles. The second-order valence-electron chi connectivity index (χ2n) is 4.90. The topological polar surface area (TPSA) is 93.5 Å². The van der Waals surface area contributed by atoms with Gasteiger partial charge in [-0.25, -0.2) is 9.59 Å². The lowest BCUT2D eigenvalue weighted by molar-refractivity contribution is 0.132. The zero-order valence-electron chi connectivity index (χ0n) is 11.8. The SMILES string of the molecule is CC(C)CC(NC(N)=O)NC(=O)OCc1ccccc1. The minimum Gasteiger partial charge on any atom is -0.445 e. The van der Waals surface area contributed by atoms with Crippen LogP contribution in [0.2, 0.25) is 0 Å². The van der Waals surface area contributed by atoms with Crippen LogP contribution in [-0.2, 0) is 11.3 Å². The van der Waals surface area contributed by atoms with Crippen molar-refractivity contribution in [1.82, 2.24) is 10.6 Å². The molecule has 1 aromatic carbocycles. The van der Waals surface area contributed by atoms with Crippen molar-refractivity contribution in [2.24, 2.45) is 11.7 Å². The monoisotopic (exact) mass is 279 g/mol. The molecule has 1 rings (SSSR count). The highest BCUT2D eigenvalue weighted by atomic mass is 16.5. The van der Waals surface area contributed by atoms with Gasteiger partial charge in [0.15, 0.2) is 0 Å². The van der Waals surface area contributed by atoms with Gasteiger partial charge >= 0.3 is 12.1 Å². The van der Waals surface area contributed by atoms with Crippen LogP contribution < -0.4 is 16.4 Å². The molecule has 4 N–H and O–H groups in total. The number of benzene rings is 1. The molecule has 0 spiro atoms. The van der Waals surface area contributed by atoms with E-state index in [9.17, 15) is 9.59 Å². The van der Waals surface area contributed by atoms with Crippen LogP contribution >= 0.6 is 0 Å². The molecule has 0 aliphatic heterocycles. The Labute approximate surface area is 118 Å². The van der Waals surface area contributed by atoms with Crippen molar-refractivity contribution in [2.75, 3.05) is 0 Å². The molecule has 1 aromatic rings. The summed E-state index contributed by atoms with van der Waals surface area (Å²) in [6, 6.07) is 8.67. The number of hydrogen-bond donors (Lipinski definition) is 3. The standard InChI is InChI=1S/C14H21N3O3/c1-10(2)8-12(16-13(15)18)17-14(19)20-9-11-6-4-3-5-7-11/h3-7,10,12H,8-9H2,1-2H3,(H,17,19)(H3,15,16,18). The number of carbonyl (C=O) groups is 2. The second-order valence-corrected chi connectivity index (χ2v) is 4.90. The molecule has 6 nitrogen and oxygen atoms in total. The zero-order valence-corrected chi connectivity index (χ0v) is 11.8. The molecule has 1 unspecified atom stereocenters. The highest BCUT2D eigenvalue weighted by molar-refractivity contribution is 5.73. The molecule has 0 fully saturated rings. The van der Waals surface area contributed by atoms with Gasteiger partial charge in [0.25, 0.3) is 0 Å². The molecule has 0 saturated heterocycles. The summed E-state index contributed by atoms with van der Waals surface area (Å²) in [6.45, 7) is 4.14. The number of ether oxygens (including phenoxy) is 1. The Kier molecular flexibility index (Phi) is 6.36. The first-order chi connectivity index (χ1) is 9.47. The third-order valence-corrected chi connectivity index (χ3v) is 2.53. The molecule has 0 heterocycles. The first-order valence-corrected chi connectivity index (χ1v) is 6.50. The number of amides is 3. The van der Waals surface area contributed by atoms with E-state index in [-0.39, 0.29) is 6.61 Å². The van der Waals surface area contributed by atoms with Crippen molar-refractivity contribution in [3.63, 3.8) is 0 Å². The predicted octanol–water partition coefficient (Wildman–Crippen LogP) is 1.95. The van der Waals surface area contributed by atoms with E-state index in [1.165, 1.54) is 0 Å². The van der Waals surface area contributed by atoms with E-state index < -0.39 is 18.3 Å². The minimum atomic E-state index is -0.681. The van der Waals surface area contributed by atoms with Crippen molar-refractivity contribution in [2.45, 2.75) is 33.0 Å². The third kappa shape index (κ3) is 6.63. The Morgan fingerprint density at radius 1 is 1.20 bits per heavy atom. The maximum absolute atomic E-state index is 11.7. The van der Waals surface area contributed by atoms with Gasteiger partial charge in [0.2, 0.25) is 0 Å². The Bertz CT molecular complexity index is 435. The molecule has 20 heavy (non-hydrogen) atoms. The van der Waals surface area contributed by atoms with Crippen LogP contribution in [0.4, 0.5) is 9.59 Å². The number of nitrogens with one attached hydrogen (secondary N) is 2. The Hall–Kier alpha value is -2.24. The number of rotatable bonds is 6. The van der Waals surface area contributed by atoms with Gasteiger partial charge in [0, 0.05) is 0 Å². The van der Waals surface area contributed by atoms with Crippen molar-refractivity contribution in [1.29, 1.82) is 0 Å². The number of primary amides is 1. The highest BCUT2D eigenvalue weighted by Gasteiger charge is 2.15. The summed E-state index contributed by atoms with van der Waals surface area (Å²) in [4.78, 5) is 22.5. The number of nitrogens with two attached hydrogens (primary N) is 1. The molecular formula is C14H21N3O3. The van der Waals surface area contributed by atoms with Crippen molar-refractivity contribution in [3.05, 3.63) is 35.9 Å². The summed E-state index contributed by atoms with van der Waals surface area (Å²) in [7, 11) is 0. The highest BCUT2D eigenvalue weighted by Crippen LogP contribution is 2.04. The largest absolute Gasteiger partial charge is 0.445 e. The Morgan fingerprint density at radius 3 is 2.40 bits per heavy atom. The lowest BCUT2D eigenvalue weighted by Gasteiger charge is -2.20. The molecule has 1 atom stereocenters. The zero-order chi connectivity index (χ0) is 15.0. The molecular weight excluding hydrogens is 258 g/mol. The molecule has 110 valence electrons. The van der Waals surface area contributed by atoms with Gasteiger partial charge in [0.1, 0.15) is 12.8 Å². The minimum absolute atomic E-state index is 0.178. The van der Waals surface area contributed by atoms with Crippen LogP contribution in [0.15, 0.2) is 30.3 Å². The van der Waals surface area contributed by atoms with Gasteiger partial charge in [-0.15, -0.1) is 0 Å². The van der Waals surface area contributed by atoms with Crippen LogP contribution in [0.5, 0.6) is 0 Å². The third-order valence-electron chi connectivity index (χ3n) is 2.53. The van der Waals surface area contributed by atoms with E-state index in [0.29, 0.717) is 12.3 Å². The average molecular weight is 279 g/mol. The normalized spacial score (nSPS) is 11.8. The van der Waals surface area contributed by atoms with Gasteiger partial charge < -0.3 is 21.1 Å². The molecule has 3 amide bonds. The lowest BCUT2D eigenvalue weighted by atomic mass is 10.1. The Balaban J connectivity index is 2.42. The number of urea groups is 1.